The van der Waals surface area contributed by atoms with Gasteiger partial charge in [0.2, 0.25) is 0 Å². The van der Waals surface area contributed by atoms with Gasteiger partial charge in [-0.1, -0.05) is 33.1 Å². The van der Waals surface area contributed by atoms with Crippen LogP contribution in [0.25, 0.3) is 0 Å². The predicted molar refractivity (Wildman–Crippen MR) is 66.5 cm³/mol. The van der Waals surface area contributed by atoms with E-state index < -0.39 is 18.0 Å². The van der Waals surface area contributed by atoms with E-state index in [-0.39, 0.29) is 19.4 Å². The number of ether oxygens (including phenoxy) is 1. The Labute approximate surface area is 117 Å². The van der Waals surface area contributed by atoms with Crippen LogP contribution in [-0.2, 0) is 25.8 Å². The van der Waals surface area contributed by atoms with E-state index in [0.29, 0.717) is 5.06 Å². The molecule has 19 heavy (non-hydrogen) atoms. The molecule has 100 valence electrons. The molecule has 1 aromatic carbocycles. The quantitative estimate of drug-likeness (QED) is 0.628. The van der Waals surface area contributed by atoms with Crippen LogP contribution in [0.5, 0.6) is 0 Å². The summed E-state index contributed by atoms with van der Waals surface area (Å²) >= 11 is 3.29. The van der Waals surface area contributed by atoms with E-state index in [4.69, 9.17) is 4.74 Å². The molecule has 6 nitrogen and oxygen atoms in total. The first kappa shape index (κ1) is 13.5. The van der Waals surface area contributed by atoms with Crippen LogP contribution in [0.3, 0.4) is 0 Å². The average molecular weight is 328 g/mol. The molecule has 0 spiro atoms. The fourth-order valence-corrected chi connectivity index (χ4v) is 1.97. The first-order valence-corrected chi connectivity index (χ1v) is 6.30. The summed E-state index contributed by atoms with van der Waals surface area (Å²) in [5.74, 6) is -1.08. The van der Waals surface area contributed by atoms with E-state index in [0.717, 1.165) is 10.0 Å². The number of halogens is 1. The van der Waals surface area contributed by atoms with Crippen molar-refractivity contribution < 1.29 is 24.0 Å². The van der Waals surface area contributed by atoms with Crippen LogP contribution in [0.4, 0.5) is 4.79 Å². The molecule has 7 heteroatoms. The maximum absolute atomic E-state index is 11.3. The van der Waals surface area contributed by atoms with Crippen molar-refractivity contribution in [3.8, 4) is 0 Å². The van der Waals surface area contributed by atoms with Gasteiger partial charge in [-0.3, -0.25) is 14.4 Å². The van der Waals surface area contributed by atoms with E-state index >= 15 is 0 Å². The Bertz CT molecular complexity index is 515. The van der Waals surface area contributed by atoms with Gasteiger partial charge in [0.15, 0.2) is 0 Å². The molecule has 2 rings (SSSR count). The standard InChI is InChI=1S/C12H10BrNO5/c13-9-3-1-2-8(6-9)7-18-12(17)19-14-10(15)4-5-11(14)16/h1-3,6H,4-5,7H2. The summed E-state index contributed by atoms with van der Waals surface area (Å²) in [7, 11) is 0. The van der Waals surface area contributed by atoms with E-state index in [1.807, 2.05) is 6.07 Å². The Morgan fingerprint density at radius 3 is 2.58 bits per heavy atom. The van der Waals surface area contributed by atoms with Crippen LogP contribution < -0.4 is 0 Å². The third kappa shape index (κ3) is 3.54. The minimum Gasteiger partial charge on any atom is -0.428 e. The highest BCUT2D eigenvalue weighted by atomic mass is 79.9. The van der Waals surface area contributed by atoms with Gasteiger partial charge >= 0.3 is 6.16 Å². The number of rotatable bonds is 3. The van der Waals surface area contributed by atoms with Gasteiger partial charge < -0.3 is 4.74 Å². The monoisotopic (exact) mass is 327 g/mol. The summed E-state index contributed by atoms with van der Waals surface area (Å²) in [6.07, 6.45) is -0.973. The SMILES string of the molecule is O=C(OCc1cccc(Br)c1)ON1C(=O)CCC1=O. The Balaban J connectivity index is 1.85. The van der Waals surface area contributed by atoms with Crippen LogP contribution in [0, 0.1) is 0 Å². The number of benzene rings is 1. The molecule has 0 radical (unpaired) electrons. The smallest absolute Gasteiger partial charge is 0.428 e. The highest BCUT2D eigenvalue weighted by molar-refractivity contribution is 9.10. The molecule has 0 unspecified atom stereocenters. The topological polar surface area (TPSA) is 72.9 Å². The van der Waals surface area contributed by atoms with Crippen molar-refractivity contribution in [3.05, 3.63) is 34.3 Å². The third-order valence-corrected chi connectivity index (χ3v) is 2.91. The predicted octanol–water partition coefficient (Wildman–Crippen LogP) is 2.17. The maximum Gasteiger partial charge on any atom is 0.534 e. The Morgan fingerprint density at radius 1 is 1.26 bits per heavy atom. The second-order valence-corrected chi connectivity index (χ2v) is 4.76. The second kappa shape index (κ2) is 5.83. The fraction of sp³-hybridized carbons (Fsp3) is 0.250. The summed E-state index contributed by atoms with van der Waals surface area (Å²) in [6.45, 7) is -0.00546. The maximum atomic E-state index is 11.3. The summed E-state index contributed by atoms with van der Waals surface area (Å²) in [6, 6.07) is 7.18. The zero-order valence-electron chi connectivity index (χ0n) is 9.80. The molecule has 2 amide bonds. The number of hydrogen-bond donors (Lipinski definition) is 0. The van der Waals surface area contributed by atoms with Gasteiger partial charge in [-0.15, -0.1) is 0 Å². The summed E-state index contributed by atoms with van der Waals surface area (Å²) < 4.78 is 5.67. The highest BCUT2D eigenvalue weighted by Crippen LogP contribution is 2.14. The number of hydroxylamine groups is 2. The van der Waals surface area contributed by atoms with Crippen LogP contribution in [0.1, 0.15) is 18.4 Å². The molecule has 0 N–H and O–H groups in total. The Kier molecular flexibility index (Phi) is 4.16. The molecule has 1 saturated heterocycles. The fourth-order valence-electron chi connectivity index (χ4n) is 1.53. The van der Waals surface area contributed by atoms with E-state index in [1.165, 1.54) is 0 Å². The second-order valence-electron chi connectivity index (χ2n) is 3.84. The molecule has 1 heterocycles. The van der Waals surface area contributed by atoms with E-state index in [2.05, 4.69) is 20.8 Å². The molecule has 1 aromatic rings. The first-order chi connectivity index (χ1) is 9.06. The molecule has 0 bridgehead atoms. The number of amides is 2. The van der Waals surface area contributed by atoms with Gasteiger partial charge in [0.25, 0.3) is 11.8 Å². The van der Waals surface area contributed by atoms with Crippen molar-refractivity contribution >= 4 is 33.9 Å². The van der Waals surface area contributed by atoms with Crippen LogP contribution >= 0.6 is 15.9 Å². The highest BCUT2D eigenvalue weighted by Gasteiger charge is 2.33. The molecule has 0 saturated carbocycles. The lowest BCUT2D eigenvalue weighted by atomic mass is 10.2. The number of carbonyl (C=O) groups excluding carboxylic acids is 3. The van der Waals surface area contributed by atoms with Gasteiger partial charge in [0, 0.05) is 17.3 Å². The van der Waals surface area contributed by atoms with Crippen LogP contribution in [0.2, 0.25) is 0 Å². The average Bonchev–Trinajstić information content (AvgIpc) is 2.68. The largest absolute Gasteiger partial charge is 0.534 e. The number of imide groups is 1. The minimum atomic E-state index is -1.08. The van der Waals surface area contributed by atoms with Crippen molar-refractivity contribution in [2.24, 2.45) is 0 Å². The van der Waals surface area contributed by atoms with Crippen LogP contribution in [-0.4, -0.2) is 23.0 Å². The van der Waals surface area contributed by atoms with Crippen molar-refractivity contribution in [2.75, 3.05) is 0 Å². The van der Waals surface area contributed by atoms with Gasteiger partial charge in [-0.2, -0.15) is 0 Å². The molecule has 0 aromatic heterocycles. The van der Waals surface area contributed by atoms with Crippen molar-refractivity contribution in [1.82, 2.24) is 5.06 Å². The first-order valence-electron chi connectivity index (χ1n) is 5.51. The van der Waals surface area contributed by atoms with Gasteiger partial charge in [0.05, 0.1) is 0 Å². The van der Waals surface area contributed by atoms with Crippen molar-refractivity contribution in [3.63, 3.8) is 0 Å². The zero-order chi connectivity index (χ0) is 13.8. The van der Waals surface area contributed by atoms with E-state index in [1.54, 1.807) is 18.2 Å². The normalized spacial score (nSPS) is 14.7. The lowest BCUT2D eigenvalue weighted by Gasteiger charge is -2.12. The Morgan fingerprint density at radius 2 is 1.95 bits per heavy atom. The minimum absolute atomic E-state index is 0.00546. The molecular weight excluding hydrogens is 318 g/mol. The summed E-state index contributed by atoms with van der Waals surface area (Å²) in [5.41, 5.74) is 0.755. The van der Waals surface area contributed by atoms with E-state index in [9.17, 15) is 14.4 Å². The molecule has 1 aliphatic rings. The van der Waals surface area contributed by atoms with Crippen molar-refractivity contribution in [1.29, 1.82) is 0 Å². The number of nitrogens with zero attached hydrogens (tertiary/aromatic N) is 1. The van der Waals surface area contributed by atoms with Crippen LogP contribution in [0.15, 0.2) is 28.7 Å². The summed E-state index contributed by atoms with van der Waals surface area (Å²) in [5, 5.41) is 0.448. The molecule has 0 atom stereocenters. The van der Waals surface area contributed by atoms with Gasteiger partial charge in [0.1, 0.15) is 6.61 Å². The van der Waals surface area contributed by atoms with Crippen molar-refractivity contribution in [2.45, 2.75) is 19.4 Å². The zero-order valence-corrected chi connectivity index (χ0v) is 11.4. The molecule has 0 aliphatic carbocycles. The van der Waals surface area contributed by atoms with Gasteiger partial charge in [-0.25, -0.2) is 4.79 Å². The number of hydrogen-bond acceptors (Lipinski definition) is 5. The molecular formula is C12H10BrNO5. The lowest BCUT2D eigenvalue weighted by Crippen LogP contribution is -2.32. The van der Waals surface area contributed by atoms with Gasteiger partial charge in [-0.05, 0) is 17.7 Å². The Hall–Kier alpha value is -1.89. The number of carbonyl (C=O) groups is 3. The lowest BCUT2D eigenvalue weighted by molar-refractivity contribution is -0.177. The molecule has 1 aliphatic heterocycles. The third-order valence-electron chi connectivity index (χ3n) is 2.42. The molecule has 1 fully saturated rings. The summed E-state index contributed by atoms with van der Waals surface area (Å²) in [4.78, 5) is 38.3.